The molecular weight excluding hydrogens is 270 g/mol. The largest absolute Gasteiger partial charge is 0.484 e. The Morgan fingerprint density at radius 2 is 1.86 bits per heavy atom. The van der Waals surface area contributed by atoms with Gasteiger partial charge in [0.25, 0.3) is 5.91 Å². The van der Waals surface area contributed by atoms with Crippen LogP contribution in [0.5, 0.6) is 5.75 Å². The highest BCUT2D eigenvalue weighted by molar-refractivity contribution is 5.83. The molecule has 5 nitrogen and oxygen atoms in total. The lowest BCUT2D eigenvalue weighted by molar-refractivity contribution is -0.149. The quantitative estimate of drug-likeness (QED) is 0.722. The van der Waals surface area contributed by atoms with Crippen LogP contribution in [0.2, 0.25) is 0 Å². The smallest absolute Gasteiger partial charge is 0.325 e. The molecular formula is C16H23NO4. The normalized spacial score (nSPS) is 10.1. The molecule has 1 rings (SSSR count). The summed E-state index contributed by atoms with van der Waals surface area (Å²) in [5.74, 6) is 0.0151. The minimum Gasteiger partial charge on any atom is -0.484 e. The zero-order valence-corrected chi connectivity index (χ0v) is 13.1. The van der Waals surface area contributed by atoms with Crippen LogP contribution >= 0.6 is 0 Å². The van der Waals surface area contributed by atoms with Crippen molar-refractivity contribution in [3.63, 3.8) is 0 Å². The van der Waals surface area contributed by atoms with Crippen LogP contribution in [-0.2, 0) is 14.3 Å². The summed E-state index contributed by atoms with van der Waals surface area (Å²) in [5, 5.41) is 0. The van der Waals surface area contributed by atoms with Crippen LogP contribution in [-0.4, -0.2) is 43.1 Å². The molecule has 116 valence electrons. The van der Waals surface area contributed by atoms with Gasteiger partial charge < -0.3 is 14.4 Å². The summed E-state index contributed by atoms with van der Waals surface area (Å²) in [6.07, 6.45) is 0. The number of rotatable bonds is 7. The monoisotopic (exact) mass is 293 g/mol. The minimum atomic E-state index is -0.404. The summed E-state index contributed by atoms with van der Waals surface area (Å²) in [7, 11) is 0. The van der Waals surface area contributed by atoms with Crippen LogP contribution in [0, 0.1) is 13.8 Å². The number of hydrogen-bond acceptors (Lipinski definition) is 4. The van der Waals surface area contributed by atoms with Gasteiger partial charge >= 0.3 is 5.97 Å². The zero-order chi connectivity index (χ0) is 15.8. The van der Waals surface area contributed by atoms with Crippen molar-refractivity contribution in [2.24, 2.45) is 0 Å². The molecule has 0 spiro atoms. The molecule has 0 fully saturated rings. The molecule has 0 aliphatic carbocycles. The summed E-state index contributed by atoms with van der Waals surface area (Å²) >= 11 is 0. The average molecular weight is 293 g/mol. The van der Waals surface area contributed by atoms with Crippen molar-refractivity contribution in [2.75, 3.05) is 26.3 Å². The van der Waals surface area contributed by atoms with E-state index in [0.717, 1.165) is 5.56 Å². The second-order valence-corrected chi connectivity index (χ2v) is 4.75. The van der Waals surface area contributed by atoms with E-state index in [0.29, 0.717) is 18.9 Å². The Hall–Kier alpha value is -2.04. The van der Waals surface area contributed by atoms with Gasteiger partial charge in [-0.2, -0.15) is 0 Å². The molecule has 0 atom stereocenters. The predicted molar refractivity (Wildman–Crippen MR) is 80.3 cm³/mol. The molecule has 21 heavy (non-hydrogen) atoms. The molecule has 0 bridgehead atoms. The van der Waals surface area contributed by atoms with Gasteiger partial charge in [0.2, 0.25) is 0 Å². The van der Waals surface area contributed by atoms with E-state index in [-0.39, 0.29) is 19.1 Å². The topological polar surface area (TPSA) is 55.8 Å². The van der Waals surface area contributed by atoms with Gasteiger partial charge in [-0.15, -0.1) is 0 Å². The average Bonchev–Trinajstić information content (AvgIpc) is 2.46. The molecule has 1 aromatic carbocycles. The third-order valence-corrected chi connectivity index (χ3v) is 3.20. The summed E-state index contributed by atoms with van der Waals surface area (Å²) in [6.45, 7) is 8.17. The third-order valence-electron chi connectivity index (χ3n) is 3.20. The van der Waals surface area contributed by atoms with E-state index in [1.807, 2.05) is 39.0 Å². The number of nitrogens with zero attached hydrogens (tertiary/aromatic N) is 1. The maximum absolute atomic E-state index is 12.0. The molecule has 0 heterocycles. The van der Waals surface area contributed by atoms with Crippen molar-refractivity contribution < 1.29 is 19.1 Å². The maximum Gasteiger partial charge on any atom is 0.325 e. The van der Waals surface area contributed by atoms with Gasteiger partial charge in [-0.1, -0.05) is 6.07 Å². The van der Waals surface area contributed by atoms with Gasteiger partial charge in [0.05, 0.1) is 6.61 Å². The highest BCUT2D eigenvalue weighted by Gasteiger charge is 2.16. The number of ether oxygens (including phenoxy) is 2. The van der Waals surface area contributed by atoms with E-state index in [2.05, 4.69) is 0 Å². The Balaban J connectivity index is 2.54. The Morgan fingerprint density at radius 3 is 2.43 bits per heavy atom. The van der Waals surface area contributed by atoms with E-state index in [1.54, 1.807) is 6.92 Å². The first-order valence-electron chi connectivity index (χ1n) is 7.11. The lowest BCUT2D eigenvalue weighted by atomic mass is 10.1. The van der Waals surface area contributed by atoms with Crippen molar-refractivity contribution in [1.82, 2.24) is 4.90 Å². The van der Waals surface area contributed by atoms with Crippen LogP contribution in [0.1, 0.15) is 25.0 Å². The molecule has 1 aromatic rings. The number of carbonyl (C=O) groups excluding carboxylic acids is 2. The molecule has 0 radical (unpaired) electrons. The minimum absolute atomic E-state index is 0.0422. The molecule has 0 N–H and O–H groups in total. The van der Waals surface area contributed by atoms with Crippen molar-refractivity contribution in [1.29, 1.82) is 0 Å². The molecule has 0 unspecified atom stereocenters. The highest BCUT2D eigenvalue weighted by Crippen LogP contribution is 2.16. The standard InChI is InChI=1S/C16H23NO4/c1-5-17(10-16(19)20-6-2)15(18)11-21-14-8-7-12(3)13(4)9-14/h7-9H,5-6,10-11H2,1-4H3. The second kappa shape index (κ2) is 8.29. The van der Waals surface area contributed by atoms with Crippen LogP contribution in [0.3, 0.4) is 0 Å². The van der Waals surface area contributed by atoms with Crippen molar-refractivity contribution in [3.05, 3.63) is 29.3 Å². The fourth-order valence-electron chi connectivity index (χ4n) is 1.78. The summed E-state index contributed by atoms with van der Waals surface area (Å²) in [5.41, 5.74) is 2.28. The van der Waals surface area contributed by atoms with Gasteiger partial charge in [-0.25, -0.2) is 0 Å². The summed E-state index contributed by atoms with van der Waals surface area (Å²) in [6, 6.07) is 5.67. The number of hydrogen-bond donors (Lipinski definition) is 0. The van der Waals surface area contributed by atoms with E-state index in [4.69, 9.17) is 9.47 Å². The number of aryl methyl sites for hydroxylation is 2. The fraction of sp³-hybridized carbons (Fsp3) is 0.500. The van der Waals surface area contributed by atoms with E-state index in [9.17, 15) is 9.59 Å². The maximum atomic E-state index is 12.0. The first-order valence-corrected chi connectivity index (χ1v) is 7.11. The summed E-state index contributed by atoms with van der Waals surface area (Å²) < 4.78 is 10.3. The van der Waals surface area contributed by atoms with Crippen molar-refractivity contribution >= 4 is 11.9 Å². The Morgan fingerprint density at radius 1 is 1.14 bits per heavy atom. The van der Waals surface area contributed by atoms with Crippen molar-refractivity contribution in [3.8, 4) is 5.75 Å². The van der Waals surface area contributed by atoms with Crippen LogP contribution < -0.4 is 4.74 Å². The molecule has 0 aliphatic rings. The lowest BCUT2D eigenvalue weighted by Gasteiger charge is -2.20. The fourth-order valence-corrected chi connectivity index (χ4v) is 1.78. The number of carbonyl (C=O) groups is 2. The first-order chi connectivity index (χ1) is 9.97. The molecule has 5 heteroatoms. The van der Waals surface area contributed by atoms with Gasteiger partial charge in [-0.3, -0.25) is 9.59 Å². The SMILES string of the molecule is CCOC(=O)CN(CC)C(=O)COc1ccc(C)c(C)c1. The highest BCUT2D eigenvalue weighted by atomic mass is 16.5. The molecule has 0 aliphatic heterocycles. The zero-order valence-electron chi connectivity index (χ0n) is 13.1. The molecule has 0 aromatic heterocycles. The van der Waals surface area contributed by atoms with Gasteiger partial charge in [0.15, 0.2) is 6.61 Å². The number of amides is 1. The number of benzene rings is 1. The number of likely N-dealkylation sites (N-methyl/N-ethyl adjacent to an activating group) is 1. The predicted octanol–water partition coefficient (Wildman–Crippen LogP) is 2.09. The van der Waals surface area contributed by atoms with E-state index < -0.39 is 5.97 Å². The molecule has 1 amide bonds. The molecule has 0 saturated carbocycles. The van der Waals surface area contributed by atoms with Gasteiger partial charge in [0.1, 0.15) is 12.3 Å². The lowest BCUT2D eigenvalue weighted by Crippen LogP contribution is -2.39. The van der Waals surface area contributed by atoms with Gasteiger partial charge in [-0.05, 0) is 51.0 Å². The Kier molecular flexibility index (Phi) is 6.72. The van der Waals surface area contributed by atoms with Crippen LogP contribution in [0.15, 0.2) is 18.2 Å². The second-order valence-electron chi connectivity index (χ2n) is 4.75. The third kappa shape index (κ3) is 5.45. The Labute approximate surface area is 125 Å². The van der Waals surface area contributed by atoms with E-state index >= 15 is 0 Å². The van der Waals surface area contributed by atoms with Crippen LogP contribution in [0.25, 0.3) is 0 Å². The Bertz CT molecular complexity index is 499. The number of esters is 1. The molecule has 0 saturated heterocycles. The first kappa shape index (κ1) is 17.0. The van der Waals surface area contributed by atoms with E-state index in [1.165, 1.54) is 10.5 Å². The summed E-state index contributed by atoms with van der Waals surface area (Å²) in [4.78, 5) is 24.9. The van der Waals surface area contributed by atoms with Crippen LogP contribution in [0.4, 0.5) is 0 Å². The van der Waals surface area contributed by atoms with Crippen molar-refractivity contribution in [2.45, 2.75) is 27.7 Å². The van der Waals surface area contributed by atoms with Gasteiger partial charge in [0, 0.05) is 6.54 Å².